The van der Waals surface area contributed by atoms with Gasteiger partial charge in [0.25, 0.3) is 0 Å². The average molecular weight is 403 g/mol. The van der Waals surface area contributed by atoms with Crippen LogP contribution >= 0.6 is 0 Å². The molecular formula is C20H26N4O3S. The summed E-state index contributed by atoms with van der Waals surface area (Å²) in [6.45, 7) is 9.42. The zero-order valence-electron chi connectivity index (χ0n) is 16.8. The molecule has 2 aromatic heterocycles. The molecule has 3 aromatic rings. The number of rotatable bonds is 4. The maximum absolute atomic E-state index is 13.0. The lowest BCUT2D eigenvalue weighted by Gasteiger charge is -2.31. The van der Waals surface area contributed by atoms with E-state index in [9.17, 15) is 8.42 Å². The maximum atomic E-state index is 13.0. The first kappa shape index (κ1) is 19.1. The van der Waals surface area contributed by atoms with Crippen molar-refractivity contribution < 1.29 is 12.9 Å². The zero-order chi connectivity index (χ0) is 20.1. The Bertz CT molecular complexity index is 1100. The van der Waals surface area contributed by atoms with E-state index in [4.69, 9.17) is 4.52 Å². The van der Waals surface area contributed by atoms with Gasteiger partial charge in [-0.15, -0.1) is 0 Å². The van der Waals surface area contributed by atoms with Gasteiger partial charge in [0.05, 0.1) is 17.4 Å². The van der Waals surface area contributed by atoms with Crippen LogP contribution in [0.3, 0.4) is 0 Å². The highest BCUT2D eigenvalue weighted by Gasteiger charge is 2.33. The third-order valence-electron chi connectivity index (χ3n) is 5.83. The summed E-state index contributed by atoms with van der Waals surface area (Å²) in [6, 6.07) is 4.31. The summed E-state index contributed by atoms with van der Waals surface area (Å²) in [7, 11) is -3.55. The van der Waals surface area contributed by atoms with E-state index in [2.05, 4.69) is 40.7 Å². The van der Waals surface area contributed by atoms with E-state index < -0.39 is 10.0 Å². The molecule has 0 atom stereocenters. The fourth-order valence-electron chi connectivity index (χ4n) is 4.04. The molecule has 1 aromatic carbocycles. The quantitative estimate of drug-likeness (QED) is 0.668. The molecule has 1 aliphatic heterocycles. The molecule has 4 rings (SSSR count). The summed E-state index contributed by atoms with van der Waals surface area (Å²) in [5, 5.41) is 3.79. The molecular weight excluding hydrogens is 376 g/mol. The van der Waals surface area contributed by atoms with Gasteiger partial charge < -0.3 is 9.09 Å². The van der Waals surface area contributed by atoms with Gasteiger partial charge in [0.2, 0.25) is 10.0 Å². The summed E-state index contributed by atoms with van der Waals surface area (Å²) in [5.74, 6) is 0.783. The fraction of sp³-hybridized carbons (Fsp3) is 0.500. The SMILES string of the molecule is Cc1cc2ncn(CC3CCN(S(=O)(=O)c4c(C)noc4C)CC3)c2cc1C. The van der Waals surface area contributed by atoms with Gasteiger partial charge in [0.15, 0.2) is 5.76 Å². The van der Waals surface area contributed by atoms with Crippen molar-refractivity contribution in [2.45, 2.75) is 52.0 Å². The number of imidazole rings is 1. The van der Waals surface area contributed by atoms with Crippen LogP contribution in [0.15, 0.2) is 27.9 Å². The van der Waals surface area contributed by atoms with Crippen LogP contribution in [0.25, 0.3) is 11.0 Å². The van der Waals surface area contributed by atoms with Crippen LogP contribution in [0.1, 0.15) is 35.4 Å². The minimum absolute atomic E-state index is 0.220. The molecule has 28 heavy (non-hydrogen) atoms. The number of benzene rings is 1. The van der Waals surface area contributed by atoms with Crippen molar-refractivity contribution in [1.29, 1.82) is 0 Å². The van der Waals surface area contributed by atoms with Gasteiger partial charge in [-0.05, 0) is 69.7 Å². The molecule has 0 unspecified atom stereocenters. The number of aryl methyl sites for hydroxylation is 4. The highest BCUT2D eigenvalue weighted by molar-refractivity contribution is 7.89. The van der Waals surface area contributed by atoms with E-state index in [1.807, 2.05) is 6.33 Å². The number of nitrogens with zero attached hydrogens (tertiary/aromatic N) is 4. The summed E-state index contributed by atoms with van der Waals surface area (Å²) in [4.78, 5) is 4.75. The van der Waals surface area contributed by atoms with Crippen LogP contribution in [0.2, 0.25) is 0 Å². The lowest BCUT2D eigenvalue weighted by molar-refractivity contribution is 0.254. The van der Waals surface area contributed by atoms with Gasteiger partial charge in [-0.25, -0.2) is 13.4 Å². The molecule has 3 heterocycles. The Balaban J connectivity index is 1.47. The van der Waals surface area contributed by atoms with Gasteiger partial charge in [0, 0.05) is 19.6 Å². The third-order valence-corrected chi connectivity index (χ3v) is 7.97. The van der Waals surface area contributed by atoms with Gasteiger partial charge in [0.1, 0.15) is 10.6 Å². The number of hydrogen-bond acceptors (Lipinski definition) is 5. The molecule has 7 nitrogen and oxygen atoms in total. The van der Waals surface area contributed by atoms with Gasteiger partial charge in [-0.2, -0.15) is 4.31 Å². The number of aromatic nitrogens is 3. The molecule has 1 saturated heterocycles. The molecule has 1 aliphatic rings. The number of fused-ring (bicyclic) bond motifs is 1. The minimum Gasteiger partial charge on any atom is -0.360 e. The Kier molecular flexibility index (Phi) is 4.79. The first-order valence-corrected chi connectivity index (χ1v) is 11.1. The Morgan fingerprint density at radius 2 is 1.79 bits per heavy atom. The topological polar surface area (TPSA) is 81.2 Å². The van der Waals surface area contributed by atoms with E-state index in [1.54, 1.807) is 18.2 Å². The number of hydrogen-bond donors (Lipinski definition) is 0. The Morgan fingerprint density at radius 1 is 1.11 bits per heavy atom. The van der Waals surface area contributed by atoms with Crippen molar-refractivity contribution in [2.75, 3.05) is 13.1 Å². The predicted molar refractivity (Wildman–Crippen MR) is 107 cm³/mol. The second kappa shape index (κ2) is 7.00. The van der Waals surface area contributed by atoms with Crippen LogP contribution in [0.5, 0.6) is 0 Å². The largest absolute Gasteiger partial charge is 0.360 e. The number of sulfonamides is 1. The zero-order valence-corrected chi connectivity index (χ0v) is 17.6. The molecule has 0 radical (unpaired) electrons. The van der Waals surface area contributed by atoms with Gasteiger partial charge in [-0.3, -0.25) is 0 Å². The van der Waals surface area contributed by atoms with Crippen LogP contribution in [0.4, 0.5) is 0 Å². The molecule has 0 spiro atoms. The Hall–Kier alpha value is -2.19. The fourth-order valence-corrected chi connectivity index (χ4v) is 5.80. The Labute approximate surface area is 165 Å². The summed E-state index contributed by atoms with van der Waals surface area (Å²) >= 11 is 0. The molecule has 0 amide bonds. The van der Waals surface area contributed by atoms with Crippen molar-refractivity contribution in [1.82, 2.24) is 19.0 Å². The van der Waals surface area contributed by atoms with Crippen molar-refractivity contribution in [3.63, 3.8) is 0 Å². The maximum Gasteiger partial charge on any atom is 0.248 e. The van der Waals surface area contributed by atoms with E-state index in [-0.39, 0.29) is 4.90 Å². The molecule has 0 N–H and O–H groups in total. The summed E-state index contributed by atoms with van der Waals surface area (Å²) in [6.07, 6.45) is 3.55. The van der Waals surface area contributed by atoms with Crippen molar-refractivity contribution >= 4 is 21.1 Å². The summed E-state index contributed by atoms with van der Waals surface area (Å²) < 4.78 is 34.8. The molecule has 150 valence electrons. The lowest BCUT2D eigenvalue weighted by Crippen LogP contribution is -2.39. The van der Waals surface area contributed by atoms with Gasteiger partial charge in [-0.1, -0.05) is 5.16 Å². The van der Waals surface area contributed by atoms with Crippen LogP contribution in [-0.2, 0) is 16.6 Å². The molecule has 0 saturated carbocycles. The van der Waals surface area contributed by atoms with E-state index >= 15 is 0 Å². The molecule has 0 aliphatic carbocycles. The highest BCUT2D eigenvalue weighted by Crippen LogP contribution is 2.29. The smallest absolute Gasteiger partial charge is 0.248 e. The first-order valence-electron chi connectivity index (χ1n) is 9.62. The van der Waals surface area contributed by atoms with Crippen LogP contribution in [-0.4, -0.2) is 40.5 Å². The average Bonchev–Trinajstić information content (AvgIpc) is 3.19. The first-order chi connectivity index (χ1) is 13.3. The monoisotopic (exact) mass is 402 g/mol. The van der Waals surface area contributed by atoms with Crippen LogP contribution < -0.4 is 0 Å². The van der Waals surface area contributed by atoms with Crippen molar-refractivity contribution in [3.8, 4) is 0 Å². The molecule has 1 fully saturated rings. The standard InChI is InChI=1S/C20H26N4O3S/c1-13-9-18-19(10-14(13)2)23(12-21-18)11-17-5-7-24(8-6-17)28(25,26)20-15(3)22-27-16(20)4/h9-10,12,17H,5-8,11H2,1-4H3. The van der Waals surface area contributed by atoms with Gasteiger partial charge >= 0.3 is 0 Å². The minimum atomic E-state index is -3.55. The highest BCUT2D eigenvalue weighted by atomic mass is 32.2. The van der Waals surface area contributed by atoms with Crippen molar-refractivity contribution in [2.24, 2.45) is 5.92 Å². The third kappa shape index (κ3) is 3.24. The van der Waals surface area contributed by atoms with E-state index in [1.165, 1.54) is 11.1 Å². The molecule has 8 heteroatoms. The van der Waals surface area contributed by atoms with E-state index in [0.717, 1.165) is 30.4 Å². The second-order valence-electron chi connectivity index (χ2n) is 7.82. The van der Waals surface area contributed by atoms with Crippen molar-refractivity contribution in [3.05, 3.63) is 41.0 Å². The predicted octanol–water partition coefficient (Wildman–Crippen LogP) is 3.36. The van der Waals surface area contributed by atoms with Crippen LogP contribution in [0, 0.1) is 33.6 Å². The second-order valence-corrected chi connectivity index (χ2v) is 9.70. The summed E-state index contributed by atoms with van der Waals surface area (Å²) in [5.41, 5.74) is 5.09. The van der Waals surface area contributed by atoms with E-state index in [0.29, 0.717) is 30.5 Å². The lowest BCUT2D eigenvalue weighted by atomic mass is 9.98. The Morgan fingerprint density at radius 3 is 2.43 bits per heavy atom. The number of piperidine rings is 1. The normalized spacial score (nSPS) is 16.9. The molecule has 0 bridgehead atoms.